The summed E-state index contributed by atoms with van der Waals surface area (Å²) in [5, 5.41) is 0. The molecule has 2 unspecified atom stereocenters. The molecule has 17 heavy (non-hydrogen) atoms. The third kappa shape index (κ3) is 4.36. The van der Waals surface area contributed by atoms with Crippen LogP contribution in [0.15, 0.2) is 24.3 Å². The monoisotopic (exact) mass is 247 g/mol. The SMILES string of the molecule is Cc1ccccc1C(OCC(F)(F)F)C(C)N. The molecule has 0 bridgehead atoms. The van der Waals surface area contributed by atoms with Crippen LogP contribution in [0.1, 0.15) is 24.2 Å². The van der Waals surface area contributed by atoms with E-state index < -0.39 is 24.9 Å². The van der Waals surface area contributed by atoms with Gasteiger partial charge in [0.1, 0.15) is 6.61 Å². The molecule has 0 saturated carbocycles. The van der Waals surface area contributed by atoms with Crippen molar-refractivity contribution in [1.29, 1.82) is 0 Å². The zero-order valence-electron chi connectivity index (χ0n) is 9.79. The van der Waals surface area contributed by atoms with Crippen LogP contribution in [-0.2, 0) is 4.74 Å². The van der Waals surface area contributed by atoms with E-state index in [0.717, 1.165) is 5.56 Å². The molecule has 0 aliphatic heterocycles. The number of hydrogen-bond acceptors (Lipinski definition) is 2. The third-order valence-electron chi connectivity index (χ3n) is 2.40. The van der Waals surface area contributed by atoms with Crippen molar-refractivity contribution in [3.05, 3.63) is 35.4 Å². The van der Waals surface area contributed by atoms with Gasteiger partial charge < -0.3 is 10.5 Å². The van der Waals surface area contributed by atoms with Crippen LogP contribution in [0.2, 0.25) is 0 Å². The van der Waals surface area contributed by atoms with Crippen LogP contribution in [0.4, 0.5) is 13.2 Å². The molecule has 96 valence electrons. The predicted molar refractivity (Wildman–Crippen MR) is 59.6 cm³/mol. The number of nitrogens with two attached hydrogens (primary N) is 1. The minimum absolute atomic E-state index is 0.501. The fourth-order valence-corrected chi connectivity index (χ4v) is 1.62. The number of ether oxygens (including phenoxy) is 1. The normalized spacial score (nSPS) is 15.6. The molecular formula is C12H16F3NO. The lowest BCUT2D eigenvalue weighted by Crippen LogP contribution is -2.30. The molecule has 0 aromatic heterocycles. The van der Waals surface area contributed by atoms with Crippen LogP contribution in [0.3, 0.4) is 0 Å². The average Bonchev–Trinajstić information content (AvgIpc) is 2.18. The molecule has 1 aromatic rings. The summed E-state index contributed by atoms with van der Waals surface area (Å²) >= 11 is 0. The standard InChI is InChI=1S/C12H16F3NO/c1-8-5-3-4-6-10(8)11(9(2)16)17-7-12(13,14)15/h3-6,9,11H,7,16H2,1-2H3. The lowest BCUT2D eigenvalue weighted by atomic mass is 9.99. The molecule has 0 heterocycles. The molecule has 0 amide bonds. The highest BCUT2D eigenvalue weighted by atomic mass is 19.4. The van der Waals surface area contributed by atoms with Gasteiger partial charge in [0.2, 0.25) is 0 Å². The van der Waals surface area contributed by atoms with Gasteiger partial charge in [-0.05, 0) is 25.0 Å². The summed E-state index contributed by atoms with van der Waals surface area (Å²) < 4.78 is 41.3. The Labute approximate surface area is 98.6 Å². The van der Waals surface area contributed by atoms with Gasteiger partial charge in [0.15, 0.2) is 0 Å². The maximum atomic E-state index is 12.1. The molecular weight excluding hydrogens is 231 g/mol. The Balaban J connectivity index is 2.84. The summed E-state index contributed by atoms with van der Waals surface area (Å²) in [5.41, 5.74) is 7.25. The highest BCUT2D eigenvalue weighted by Gasteiger charge is 2.31. The van der Waals surface area contributed by atoms with Crippen molar-refractivity contribution < 1.29 is 17.9 Å². The summed E-state index contributed by atoms with van der Waals surface area (Å²) in [5.74, 6) is 0. The topological polar surface area (TPSA) is 35.2 Å². The first-order valence-electron chi connectivity index (χ1n) is 5.30. The summed E-state index contributed by atoms with van der Waals surface area (Å²) in [4.78, 5) is 0. The lowest BCUT2D eigenvalue weighted by molar-refractivity contribution is -0.187. The summed E-state index contributed by atoms with van der Waals surface area (Å²) in [7, 11) is 0. The Morgan fingerprint density at radius 1 is 1.29 bits per heavy atom. The number of benzene rings is 1. The second kappa shape index (κ2) is 5.51. The van der Waals surface area contributed by atoms with Crippen molar-refractivity contribution in [1.82, 2.24) is 0 Å². The van der Waals surface area contributed by atoms with E-state index in [1.165, 1.54) is 0 Å². The van der Waals surface area contributed by atoms with Gasteiger partial charge >= 0.3 is 6.18 Å². The first kappa shape index (κ1) is 14.0. The smallest absolute Gasteiger partial charge is 0.362 e. The minimum Gasteiger partial charge on any atom is -0.362 e. The highest BCUT2D eigenvalue weighted by molar-refractivity contribution is 5.28. The average molecular weight is 247 g/mol. The van der Waals surface area contributed by atoms with E-state index in [-0.39, 0.29) is 0 Å². The predicted octanol–water partition coefficient (Wildman–Crippen LogP) is 2.96. The molecule has 2 nitrogen and oxygen atoms in total. The number of hydrogen-bond donors (Lipinski definition) is 1. The van der Waals surface area contributed by atoms with Crippen molar-refractivity contribution in [2.75, 3.05) is 6.61 Å². The number of rotatable bonds is 4. The molecule has 1 aromatic carbocycles. The fourth-order valence-electron chi connectivity index (χ4n) is 1.62. The first-order valence-corrected chi connectivity index (χ1v) is 5.30. The Morgan fingerprint density at radius 2 is 1.88 bits per heavy atom. The highest BCUT2D eigenvalue weighted by Crippen LogP contribution is 2.26. The van der Waals surface area contributed by atoms with Gasteiger partial charge in [0.25, 0.3) is 0 Å². The Hall–Kier alpha value is -1.07. The molecule has 0 aliphatic carbocycles. The van der Waals surface area contributed by atoms with Crippen molar-refractivity contribution in [2.45, 2.75) is 32.2 Å². The number of alkyl halides is 3. The van der Waals surface area contributed by atoms with Crippen LogP contribution in [0.5, 0.6) is 0 Å². The van der Waals surface area contributed by atoms with E-state index in [1.54, 1.807) is 19.1 Å². The third-order valence-corrected chi connectivity index (χ3v) is 2.40. The maximum absolute atomic E-state index is 12.1. The van der Waals surface area contributed by atoms with Crippen molar-refractivity contribution in [3.8, 4) is 0 Å². The Kier molecular flexibility index (Phi) is 4.54. The van der Waals surface area contributed by atoms with E-state index >= 15 is 0 Å². The number of aryl methyl sites for hydroxylation is 1. The molecule has 0 radical (unpaired) electrons. The van der Waals surface area contributed by atoms with Crippen LogP contribution >= 0.6 is 0 Å². The van der Waals surface area contributed by atoms with E-state index in [1.807, 2.05) is 19.1 Å². The van der Waals surface area contributed by atoms with Crippen LogP contribution in [-0.4, -0.2) is 18.8 Å². The number of halogens is 3. The van der Waals surface area contributed by atoms with Gasteiger partial charge in [-0.15, -0.1) is 0 Å². The van der Waals surface area contributed by atoms with Gasteiger partial charge in [0.05, 0.1) is 6.10 Å². The van der Waals surface area contributed by atoms with E-state index in [2.05, 4.69) is 0 Å². The van der Waals surface area contributed by atoms with E-state index in [0.29, 0.717) is 5.56 Å². The zero-order chi connectivity index (χ0) is 13.1. The maximum Gasteiger partial charge on any atom is 0.411 e. The minimum atomic E-state index is -4.34. The first-order chi connectivity index (χ1) is 7.81. The van der Waals surface area contributed by atoms with Gasteiger partial charge in [-0.2, -0.15) is 13.2 Å². The molecule has 0 fully saturated rings. The molecule has 5 heteroatoms. The van der Waals surface area contributed by atoms with Crippen LogP contribution in [0, 0.1) is 6.92 Å². The molecule has 1 rings (SSSR count). The largest absolute Gasteiger partial charge is 0.411 e. The molecule has 2 N–H and O–H groups in total. The van der Waals surface area contributed by atoms with Gasteiger partial charge in [-0.25, -0.2) is 0 Å². The van der Waals surface area contributed by atoms with Crippen LogP contribution in [0.25, 0.3) is 0 Å². The fraction of sp³-hybridized carbons (Fsp3) is 0.500. The summed E-state index contributed by atoms with van der Waals surface area (Å²) in [6, 6.07) is 6.63. The summed E-state index contributed by atoms with van der Waals surface area (Å²) in [6.45, 7) is 2.17. The Bertz CT molecular complexity index is 363. The second-order valence-electron chi connectivity index (χ2n) is 4.06. The quantitative estimate of drug-likeness (QED) is 0.887. The van der Waals surface area contributed by atoms with Gasteiger partial charge in [-0.1, -0.05) is 24.3 Å². The second-order valence-corrected chi connectivity index (χ2v) is 4.06. The van der Waals surface area contributed by atoms with Gasteiger partial charge in [0, 0.05) is 6.04 Å². The molecule has 2 atom stereocenters. The van der Waals surface area contributed by atoms with Crippen LogP contribution < -0.4 is 5.73 Å². The zero-order valence-corrected chi connectivity index (χ0v) is 9.79. The van der Waals surface area contributed by atoms with Crippen molar-refractivity contribution >= 4 is 0 Å². The van der Waals surface area contributed by atoms with E-state index in [4.69, 9.17) is 10.5 Å². The molecule has 0 saturated heterocycles. The molecule has 0 spiro atoms. The van der Waals surface area contributed by atoms with Crippen molar-refractivity contribution in [3.63, 3.8) is 0 Å². The van der Waals surface area contributed by atoms with Crippen molar-refractivity contribution in [2.24, 2.45) is 5.73 Å². The Morgan fingerprint density at radius 3 is 2.35 bits per heavy atom. The summed E-state index contributed by atoms with van der Waals surface area (Å²) in [6.07, 6.45) is -5.08. The van der Waals surface area contributed by atoms with Gasteiger partial charge in [-0.3, -0.25) is 0 Å². The van der Waals surface area contributed by atoms with E-state index in [9.17, 15) is 13.2 Å². The molecule has 0 aliphatic rings. The lowest BCUT2D eigenvalue weighted by Gasteiger charge is -2.24.